The van der Waals surface area contributed by atoms with E-state index in [9.17, 15) is 18.4 Å². The van der Waals surface area contributed by atoms with E-state index in [-0.39, 0.29) is 11.5 Å². The molecule has 0 aliphatic carbocycles. The number of amides is 1. The van der Waals surface area contributed by atoms with Crippen LogP contribution in [0.2, 0.25) is 0 Å². The number of carboxylic acids is 1. The fourth-order valence-corrected chi connectivity index (χ4v) is 1.31. The number of allylic oxidation sites excluding steroid dienone is 6. The van der Waals surface area contributed by atoms with Gasteiger partial charge in [-0.1, -0.05) is 30.9 Å². The van der Waals surface area contributed by atoms with Gasteiger partial charge in [0.2, 0.25) is 0 Å². The minimum Gasteiger partial charge on any atom is -0.478 e. The highest BCUT2D eigenvalue weighted by molar-refractivity contribution is 5.97. The van der Waals surface area contributed by atoms with Gasteiger partial charge in [-0.25, -0.2) is 13.6 Å². The van der Waals surface area contributed by atoms with Gasteiger partial charge in [-0.3, -0.25) is 4.79 Å². The molecule has 6 heteroatoms. The van der Waals surface area contributed by atoms with Crippen molar-refractivity contribution < 1.29 is 23.5 Å². The lowest BCUT2D eigenvalue weighted by molar-refractivity contribution is 0.0697. The van der Waals surface area contributed by atoms with E-state index in [0.29, 0.717) is 5.56 Å². The monoisotopic (exact) mass is 335 g/mol. The Kier molecular flexibility index (Phi) is 10.9. The number of carboxylic acid groups (broad SMARTS) is 1. The van der Waals surface area contributed by atoms with Crippen molar-refractivity contribution in [3.63, 3.8) is 0 Å². The lowest BCUT2D eigenvalue weighted by Gasteiger charge is -2.01. The van der Waals surface area contributed by atoms with Crippen LogP contribution in [0, 0.1) is 0 Å². The Morgan fingerprint density at radius 1 is 1.25 bits per heavy atom. The summed E-state index contributed by atoms with van der Waals surface area (Å²) in [5, 5.41) is 11.3. The van der Waals surface area contributed by atoms with Crippen molar-refractivity contribution in [3.8, 4) is 0 Å². The largest absolute Gasteiger partial charge is 0.478 e. The van der Waals surface area contributed by atoms with E-state index >= 15 is 0 Å². The number of hydrogen-bond acceptors (Lipinski definition) is 2. The molecule has 0 unspecified atom stereocenters. The maximum atomic E-state index is 11.7. The molecular weight excluding hydrogens is 316 g/mol. The van der Waals surface area contributed by atoms with Gasteiger partial charge in [-0.2, -0.15) is 0 Å². The second-order valence-corrected chi connectivity index (χ2v) is 4.28. The van der Waals surface area contributed by atoms with Crippen LogP contribution >= 0.6 is 0 Å². The first-order valence-electron chi connectivity index (χ1n) is 6.89. The van der Waals surface area contributed by atoms with Crippen LogP contribution in [0.3, 0.4) is 0 Å². The third-order valence-corrected chi connectivity index (χ3v) is 2.40. The average molecular weight is 335 g/mol. The molecule has 1 aromatic rings. The number of alkyl halides is 1. The lowest BCUT2D eigenvalue weighted by atomic mass is 10.1. The second kappa shape index (κ2) is 12.5. The van der Waals surface area contributed by atoms with Crippen molar-refractivity contribution in [2.75, 3.05) is 6.67 Å². The van der Waals surface area contributed by atoms with Gasteiger partial charge in [-0.05, 0) is 37.3 Å². The summed E-state index contributed by atoms with van der Waals surface area (Å²) in [4.78, 5) is 22.4. The molecule has 1 amide bonds. The molecule has 0 saturated carbocycles. The molecule has 1 rings (SSSR count). The molecule has 128 valence electrons. The molecule has 0 spiro atoms. The molecule has 0 saturated heterocycles. The number of halogens is 2. The Balaban J connectivity index is 0.000000754. The van der Waals surface area contributed by atoms with Gasteiger partial charge < -0.3 is 10.4 Å². The summed E-state index contributed by atoms with van der Waals surface area (Å²) >= 11 is 0. The number of nitrogens with one attached hydrogen (secondary N) is 1. The van der Waals surface area contributed by atoms with Crippen molar-refractivity contribution in [1.29, 1.82) is 0 Å². The Bertz CT molecular complexity index is 645. The highest BCUT2D eigenvalue weighted by atomic mass is 19.1. The number of carbonyl (C=O) groups excluding carboxylic acids is 1. The first kappa shape index (κ1) is 21.0. The number of aromatic carboxylic acids is 1. The molecule has 2 N–H and O–H groups in total. The summed E-state index contributed by atoms with van der Waals surface area (Å²) in [6.07, 6.45) is 9.02. The van der Waals surface area contributed by atoms with E-state index in [0.717, 1.165) is 6.08 Å². The van der Waals surface area contributed by atoms with E-state index < -0.39 is 18.5 Å². The molecule has 0 aliphatic heterocycles. The van der Waals surface area contributed by atoms with Crippen LogP contribution in [0.5, 0.6) is 0 Å². The zero-order valence-corrected chi connectivity index (χ0v) is 13.2. The van der Waals surface area contributed by atoms with Crippen LogP contribution in [0.1, 0.15) is 27.6 Å². The van der Waals surface area contributed by atoms with Gasteiger partial charge in [0.05, 0.1) is 11.4 Å². The third kappa shape index (κ3) is 9.83. The number of carbonyl (C=O) groups is 2. The zero-order chi connectivity index (χ0) is 18.4. The molecule has 4 nitrogen and oxygen atoms in total. The fraction of sp³-hybridized carbons (Fsp3) is 0.111. The summed E-state index contributed by atoms with van der Waals surface area (Å²) in [5.74, 6) is -1.88. The Hall–Kier alpha value is -3.02. The maximum absolute atomic E-state index is 11.7. The lowest BCUT2D eigenvalue weighted by Crippen LogP contribution is -2.17. The van der Waals surface area contributed by atoms with Crippen molar-refractivity contribution in [3.05, 3.63) is 84.4 Å². The highest BCUT2D eigenvalue weighted by Gasteiger charge is 2.07. The minimum atomic E-state index is -1.06. The average Bonchev–Trinajstić information content (AvgIpc) is 2.55. The molecule has 0 aromatic heterocycles. The van der Waals surface area contributed by atoms with Crippen LogP contribution in [0.15, 0.2) is 73.3 Å². The molecule has 0 fully saturated rings. The zero-order valence-electron chi connectivity index (χ0n) is 13.2. The molecule has 0 heterocycles. The molecule has 0 bridgehead atoms. The van der Waals surface area contributed by atoms with E-state index in [1.165, 1.54) is 31.3 Å². The van der Waals surface area contributed by atoms with E-state index in [1.807, 2.05) is 0 Å². The Labute approximate surface area is 139 Å². The molecule has 1 aromatic carbocycles. The number of rotatable bonds is 6. The smallest absolute Gasteiger partial charge is 0.335 e. The highest BCUT2D eigenvalue weighted by Crippen LogP contribution is 2.05. The molecule has 24 heavy (non-hydrogen) atoms. The summed E-state index contributed by atoms with van der Waals surface area (Å²) in [6, 6.07) is 5.84. The fourth-order valence-electron chi connectivity index (χ4n) is 1.31. The first-order chi connectivity index (χ1) is 11.4. The first-order valence-corrected chi connectivity index (χ1v) is 6.89. The quantitative estimate of drug-likeness (QED) is 0.766. The van der Waals surface area contributed by atoms with E-state index in [2.05, 4.69) is 11.9 Å². The SMILES string of the molecule is C/C(F)=C\CF.C=C/C=C/C=C/NC(=O)c1cccc(C(=O)O)c1. The van der Waals surface area contributed by atoms with Gasteiger partial charge in [-0.15, -0.1) is 0 Å². The second-order valence-electron chi connectivity index (χ2n) is 4.28. The van der Waals surface area contributed by atoms with Crippen molar-refractivity contribution in [2.45, 2.75) is 6.92 Å². The van der Waals surface area contributed by atoms with Gasteiger partial charge >= 0.3 is 5.97 Å². The van der Waals surface area contributed by atoms with E-state index in [4.69, 9.17) is 5.11 Å². The van der Waals surface area contributed by atoms with Crippen LogP contribution in [-0.4, -0.2) is 23.7 Å². The summed E-state index contributed by atoms with van der Waals surface area (Å²) in [5.41, 5.74) is 0.380. The van der Waals surface area contributed by atoms with Gasteiger partial charge in [0, 0.05) is 11.8 Å². The van der Waals surface area contributed by atoms with Crippen molar-refractivity contribution in [1.82, 2.24) is 5.32 Å². The minimum absolute atomic E-state index is 0.0817. The Morgan fingerprint density at radius 3 is 2.42 bits per heavy atom. The van der Waals surface area contributed by atoms with Crippen molar-refractivity contribution in [2.24, 2.45) is 0 Å². The summed E-state index contributed by atoms with van der Waals surface area (Å²) < 4.78 is 22.3. The third-order valence-electron chi connectivity index (χ3n) is 2.40. The molecule has 0 radical (unpaired) electrons. The summed E-state index contributed by atoms with van der Waals surface area (Å²) in [6.45, 7) is 4.01. The molecule has 0 aliphatic rings. The molecule has 0 atom stereocenters. The number of hydrogen-bond donors (Lipinski definition) is 2. The normalized spacial score (nSPS) is 11.0. The predicted molar refractivity (Wildman–Crippen MR) is 90.2 cm³/mol. The topological polar surface area (TPSA) is 66.4 Å². The van der Waals surface area contributed by atoms with Crippen LogP contribution < -0.4 is 5.32 Å². The Morgan fingerprint density at radius 2 is 1.92 bits per heavy atom. The molecular formula is C18H19F2NO3. The van der Waals surface area contributed by atoms with Gasteiger partial charge in [0.1, 0.15) is 6.67 Å². The van der Waals surface area contributed by atoms with Gasteiger partial charge in [0.15, 0.2) is 0 Å². The van der Waals surface area contributed by atoms with E-state index in [1.54, 1.807) is 30.4 Å². The number of benzene rings is 1. The maximum Gasteiger partial charge on any atom is 0.335 e. The van der Waals surface area contributed by atoms with Crippen LogP contribution in [0.25, 0.3) is 0 Å². The van der Waals surface area contributed by atoms with Crippen LogP contribution in [-0.2, 0) is 0 Å². The van der Waals surface area contributed by atoms with Crippen molar-refractivity contribution >= 4 is 11.9 Å². The predicted octanol–water partition coefficient (Wildman–Crippen LogP) is 4.20. The summed E-state index contributed by atoms with van der Waals surface area (Å²) in [7, 11) is 0. The standard InChI is InChI=1S/C14H13NO3.C4H6F2/c1-2-3-4-5-9-15-13(16)11-7-6-8-12(10-11)14(17)18;1-4(6)2-3-5/h2-10H,1H2,(H,15,16)(H,17,18);2H,3H2,1H3/b4-3+,9-5+;4-2+. The van der Waals surface area contributed by atoms with Gasteiger partial charge in [0.25, 0.3) is 5.91 Å². The van der Waals surface area contributed by atoms with Crippen LogP contribution in [0.4, 0.5) is 8.78 Å².